The van der Waals surface area contributed by atoms with Crippen LogP contribution >= 0.6 is 0 Å². The van der Waals surface area contributed by atoms with Gasteiger partial charge in [-0.2, -0.15) is 22.7 Å². The standard InChI is InChI=1S/C43H51F4N9O4/c1-25-22-31(38(58)50-33-18-20-49-21-19-33)14-17-34(25)28-8-4-26(5-9-28)23-35(52-37(57)30-10-6-27(24-48)7-11-30)39(59)51-32-15-12-29(13-16-32)36-53-40(55-54-36)42(44,45)43(46,47)41(60)56(2)3/h4-5,8-9,12-17,22,27,30,33,35,49H,6-7,10-11,18-21,23-24,48H2,1-3H3,(H,50,58)(H,51,59)(H,52,57)(H,53,54,55)/t27?,30?,35-/m0/s1. The summed E-state index contributed by atoms with van der Waals surface area (Å²) in [5.74, 6) is -14.7. The normalized spacial score (nSPS) is 18.0. The lowest BCUT2D eigenvalue weighted by Gasteiger charge is -2.28. The van der Waals surface area contributed by atoms with Crippen LogP contribution in [0.4, 0.5) is 23.2 Å². The van der Waals surface area contributed by atoms with Gasteiger partial charge in [-0.05, 0) is 130 Å². The number of amides is 4. The molecule has 4 amide bonds. The number of anilines is 1. The Morgan fingerprint density at radius 3 is 2.15 bits per heavy atom. The van der Waals surface area contributed by atoms with Gasteiger partial charge in [0.25, 0.3) is 11.8 Å². The van der Waals surface area contributed by atoms with Gasteiger partial charge >= 0.3 is 11.8 Å². The fourth-order valence-corrected chi connectivity index (χ4v) is 7.61. The monoisotopic (exact) mass is 833 g/mol. The molecule has 1 aromatic heterocycles. The quantitative estimate of drug-likeness (QED) is 0.0939. The van der Waals surface area contributed by atoms with E-state index in [4.69, 9.17) is 5.73 Å². The zero-order valence-electron chi connectivity index (χ0n) is 33.8. The van der Waals surface area contributed by atoms with E-state index in [2.05, 4.69) is 31.3 Å². The molecule has 3 aromatic carbocycles. The molecule has 13 nitrogen and oxygen atoms in total. The second-order valence-corrected chi connectivity index (χ2v) is 15.9. The number of aromatic nitrogens is 3. The third-order valence-electron chi connectivity index (χ3n) is 11.3. The Kier molecular flexibility index (Phi) is 13.7. The Bertz CT molecular complexity index is 2150. The molecule has 1 saturated carbocycles. The number of carbonyl (C=O) groups is 4. The van der Waals surface area contributed by atoms with Crippen molar-refractivity contribution in [3.05, 3.63) is 89.2 Å². The zero-order valence-corrected chi connectivity index (χ0v) is 33.8. The first-order chi connectivity index (χ1) is 28.6. The average molecular weight is 834 g/mol. The molecule has 1 aliphatic carbocycles. The summed E-state index contributed by atoms with van der Waals surface area (Å²) in [6.07, 6.45) is 4.91. The molecule has 2 fully saturated rings. The van der Waals surface area contributed by atoms with Gasteiger partial charge in [0.05, 0.1) is 0 Å². The number of rotatable bonds is 14. The largest absolute Gasteiger partial charge is 0.394 e. The number of hydrogen-bond donors (Lipinski definition) is 6. The lowest BCUT2D eigenvalue weighted by Crippen LogP contribution is -2.50. The molecule has 2 heterocycles. The van der Waals surface area contributed by atoms with Gasteiger partial charge in [-0.15, -0.1) is 0 Å². The molecule has 2 aliphatic rings. The van der Waals surface area contributed by atoms with Gasteiger partial charge in [-0.1, -0.05) is 30.3 Å². The molecule has 17 heteroatoms. The topological polar surface area (TPSA) is 187 Å². The van der Waals surface area contributed by atoms with Crippen LogP contribution in [0.1, 0.15) is 65.8 Å². The van der Waals surface area contributed by atoms with E-state index in [1.54, 1.807) is 0 Å². The number of carbonyl (C=O) groups excluding carboxylic acids is 4. The Morgan fingerprint density at radius 2 is 1.53 bits per heavy atom. The first kappa shape index (κ1) is 43.9. The predicted octanol–water partition coefficient (Wildman–Crippen LogP) is 5.18. The molecule has 7 N–H and O–H groups in total. The Balaban J connectivity index is 1.15. The fourth-order valence-electron chi connectivity index (χ4n) is 7.61. The number of alkyl halides is 4. The van der Waals surface area contributed by atoms with Crippen LogP contribution in [0.3, 0.4) is 0 Å². The van der Waals surface area contributed by atoms with Crippen LogP contribution in [0.15, 0.2) is 66.7 Å². The van der Waals surface area contributed by atoms with Crippen molar-refractivity contribution in [3.8, 4) is 22.5 Å². The molecular weight excluding hydrogens is 783 g/mol. The van der Waals surface area contributed by atoms with Crippen molar-refractivity contribution < 1.29 is 36.7 Å². The summed E-state index contributed by atoms with van der Waals surface area (Å²) in [5, 5.41) is 17.7. The first-order valence-corrected chi connectivity index (χ1v) is 20.1. The van der Waals surface area contributed by atoms with Gasteiger partial charge in [0.15, 0.2) is 5.82 Å². The molecular formula is C43H51F4N9O4. The highest BCUT2D eigenvalue weighted by Crippen LogP contribution is 2.42. The molecule has 0 spiro atoms. The summed E-state index contributed by atoms with van der Waals surface area (Å²) in [4.78, 5) is 56.0. The number of nitrogens with two attached hydrogens (primary N) is 1. The summed E-state index contributed by atoms with van der Waals surface area (Å²) >= 11 is 0. The van der Waals surface area contributed by atoms with E-state index in [9.17, 15) is 36.7 Å². The predicted molar refractivity (Wildman–Crippen MR) is 218 cm³/mol. The second-order valence-electron chi connectivity index (χ2n) is 15.9. The second kappa shape index (κ2) is 18.7. The van der Waals surface area contributed by atoms with Gasteiger partial charge in [0.1, 0.15) is 6.04 Å². The van der Waals surface area contributed by atoms with Gasteiger partial charge in [0, 0.05) is 49.3 Å². The third kappa shape index (κ3) is 10.0. The zero-order chi connectivity index (χ0) is 43.2. The molecule has 0 bridgehead atoms. The Morgan fingerprint density at radius 1 is 0.883 bits per heavy atom. The number of nitrogens with one attached hydrogen (secondary N) is 5. The first-order valence-electron chi connectivity index (χ1n) is 20.1. The molecule has 0 unspecified atom stereocenters. The highest BCUT2D eigenvalue weighted by atomic mass is 19.3. The number of hydrogen-bond acceptors (Lipinski definition) is 8. The molecule has 4 aromatic rings. The summed E-state index contributed by atoms with van der Waals surface area (Å²) < 4.78 is 58.3. The maximum Gasteiger partial charge on any atom is 0.394 e. The number of halogens is 4. The van der Waals surface area contributed by atoms with Gasteiger partial charge in [-0.25, -0.2) is 4.98 Å². The van der Waals surface area contributed by atoms with Crippen LogP contribution in [0, 0.1) is 18.8 Å². The summed E-state index contributed by atoms with van der Waals surface area (Å²) in [6.45, 7) is 4.27. The molecule has 1 aliphatic heterocycles. The van der Waals surface area contributed by atoms with E-state index in [1.165, 1.54) is 24.3 Å². The Hall–Kier alpha value is -5.68. The highest BCUT2D eigenvalue weighted by Gasteiger charge is 2.65. The van der Waals surface area contributed by atoms with E-state index < -0.39 is 35.5 Å². The van der Waals surface area contributed by atoms with Crippen molar-refractivity contribution >= 4 is 29.3 Å². The molecule has 1 atom stereocenters. The van der Waals surface area contributed by atoms with Gasteiger partial charge in [-0.3, -0.25) is 24.3 Å². The average Bonchev–Trinajstić information content (AvgIpc) is 3.75. The maximum atomic E-state index is 14.7. The smallest absolute Gasteiger partial charge is 0.349 e. The highest BCUT2D eigenvalue weighted by molar-refractivity contribution is 5.98. The number of aryl methyl sites for hydroxylation is 1. The number of nitrogens with zero attached hydrogens (tertiary/aromatic N) is 3. The van der Waals surface area contributed by atoms with Crippen LogP contribution in [0.2, 0.25) is 0 Å². The SMILES string of the molecule is Cc1cc(C(=O)NC2CCNCC2)ccc1-c1ccc(C[C@H](NC(=O)C2CCC(CN)CC2)C(=O)Nc2ccc(-c3n[nH]c(C(F)(F)C(F)(F)C(=O)N(C)C)n3)cc2)cc1. The molecule has 1 saturated heterocycles. The summed E-state index contributed by atoms with van der Waals surface area (Å²) in [7, 11) is 1.87. The van der Waals surface area contributed by atoms with E-state index in [1.807, 2.05) is 54.5 Å². The Labute approximate surface area is 345 Å². The number of piperidine rings is 1. The van der Waals surface area contributed by atoms with E-state index >= 15 is 0 Å². The van der Waals surface area contributed by atoms with E-state index in [0.29, 0.717) is 41.5 Å². The van der Waals surface area contributed by atoms with Gasteiger partial charge < -0.3 is 31.9 Å². The lowest BCUT2D eigenvalue weighted by molar-refractivity contribution is -0.224. The molecule has 60 heavy (non-hydrogen) atoms. The van der Waals surface area contributed by atoms with E-state index in [-0.39, 0.29) is 41.6 Å². The van der Waals surface area contributed by atoms with Crippen molar-refractivity contribution in [2.24, 2.45) is 17.6 Å². The number of H-pyrrole nitrogens is 1. The third-order valence-corrected chi connectivity index (χ3v) is 11.3. The van der Waals surface area contributed by atoms with E-state index in [0.717, 1.165) is 75.1 Å². The fraction of sp³-hybridized carbons (Fsp3) is 0.442. The lowest BCUT2D eigenvalue weighted by atomic mass is 9.81. The van der Waals surface area contributed by atoms with Crippen LogP contribution < -0.4 is 27.0 Å². The van der Waals surface area contributed by atoms with Crippen molar-refractivity contribution in [2.75, 3.05) is 39.0 Å². The molecule has 6 rings (SSSR count). The van der Waals surface area contributed by atoms with Crippen molar-refractivity contribution in [1.29, 1.82) is 0 Å². The molecule has 320 valence electrons. The minimum Gasteiger partial charge on any atom is -0.349 e. The van der Waals surface area contributed by atoms with Crippen molar-refractivity contribution in [2.45, 2.75) is 75.8 Å². The minimum absolute atomic E-state index is 0.0988. The van der Waals surface area contributed by atoms with Crippen LogP contribution in [0.25, 0.3) is 22.5 Å². The van der Waals surface area contributed by atoms with Crippen molar-refractivity contribution in [3.63, 3.8) is 0 Å². The number of aromatic amines is 1. The van der Waals surface area contributed by atoms with Crippen LogP contribution in [0.5, 0.6) is 0 Å². The van der Waals surface area contributed by atoms with Crippen LogP contribution in [-0.2, 0) is 26.7 Å². The minimum atomic E-state index is -5.09. The summed E-state index contributed by atoms with van der Waals surface area (Å²) in [6, 6.07) is 18.2. The van der Waals surface area contributed by atoms with Gasteiger partial charge in [0.2, 0.25) is 17.6 Å². The summed E-state index contributed by atoms with van der Waals surface area (Å²) in [5.41, 5.74) is 10.5. The molecule has 0 radical (unpaired) electrons. The maximum absolute atomic E-state index is 14.7. The number of benzene rings is 3. The van der Waals surface area contributed by atoms with Crippen LogP contribution in [-0.4, -0.2) is 95.4 Å². The van der Waals surface area contributed by atoms with Crippen molar-refractivity contribution in [1.82, 2.24) is 36.0 Å².